The standard InChI is InChI=1S/C22H27FN8O2/c1-15-14-30-18-19(26(2)22(33)27(3)20(18)32)24-21(30)31(25-15)13-10-28-8-11-29(12-9-28)17-6-4-16(23)5-7-17/h4-7H,8-14H2,1-3H3. The van der Waals surface area contributed by atoms with Crippen LogP contribution in [0, 0.1) is 5.82 Å². The lowest BCUT2D eigenvalue weighted by Gasteiger charge is -2.37. The number of benzene rings is 1. The number of anilines is 2. The highest BCUT2D eigenvalue weighted by Gasteiger charge is 2.27. The first-order chi connectivity index (χ1) is 15.8. The van der Waals surface area contributed by atoms with E-state index in [0.717, 1.165) is 48.7 Å². The monoisotopic (exact) mass is 454 g/mol. The number of aryl methyl sites for hydroxylation is 1. The van der Waals surface area contributed by atoms with Crippen LogP contribution < -0.4 is 21.2 Å². The fraction of sp³-hybridized carbons (Fsp3) is 0.455. The van der Waals surface area contributed by atoms with Gasteiger partial charge in [-0.2, -0.15) is 10.1 Å². The SMILES string of the molecule is CC1=NN(CCN2CCN(c3ccc(F)cc3)CC2)c2nc3c(c(=O)n(C)c(=O)n3C)n2C1. The summed E-state index contributed by atoms with van der Waals surface area (Å²) in [4.78, 5) is 34.4. The van der Waals surface area contributed by atoms with E-state index in [1.807, 2.05) is 28.6 Å². The van der Waals surface area contributed by atoms with E-state index in [-0.39, 0.29) is 11.4 Å². The Morgan fingerprint density at radius 2 is 1.67 bits per heavy atom. The van der Waals surface area contributed by atoms with Gasteiger partial charge in [0.2, 0.25) is 5.95 Å². The molecule has 0 unspecified atom stereocenters. The van der Waals surface area contributed by atoms with Crippen LogP contribution in [-0.4, -0.2) is 68.6 Å². The number of hydrazone groups is 1. The van der Waals surface area contributed by atoms with E-state index < -0.39 is 5.69 Å². The zero-order valence-electron chi connectivity index (χ0n) is 19.0. The van der Waals surface area contributed by atoms with Gasteiger partial charge in [-0.3, -0.25) is 23.4 Å². The first-order valence-corrected chi connectivity index (χ1v) is 11.0. The van der Waals surface area contributed by atoms with E-state index in [2.05, 4.69) is 19.9 Å². The van der Waals surface area contributed by atoms with Gasteiger partial charge in [0.25, 0.3) is 5.56 Å². The molecule has 0 spiro atoms. The summed E-state index contributed by atoms with van der Waals surface area (Å²) in [6.07, 6.45) is 0. The molecule has 2 aliphatic heterocycles. The molecule has 174 valence electrons. The third-order valence-electron chi connectivity index (χ3n) is 6.43. The van der Waals surface area contributed by atoms with E-state index >= 15 is 0 Å². The van der Waals surface area contributed by atoms with Crippen molar-refractivity contribution in [3.05, 3.63) is 50.9 Å². The maximum absolute atomic E-state index is 13.2. The number of halogens is 1. The van der Waals surface area contributed by atoms with Crippen molar-refractivity contribution in [1.82, 2.24) is 23.6 Å². The minimum atomic E-state index is -0.397. The van der Waals surface area contributed by atoms with Crippen LogP contribution in [0.4, 0.5) is 16.0 Å². The maximum atomic E-state index is 13.2. The number of rotatable bonds is 4. The van der Waals surface area contributed by atoms with Gasteiger partial charge in [-0.25, -0.2) is 14.2 Å². The van der Waals surface area contributed by atoms with Crippen molar-refractivity contribution in [2.75, 3.05) is 49.2 Å². The van der Waals surface area contributed by atoms with Crippen LogP contribution >= 0.6 is 0 Å². The van der Waals surface area contributed by atoms with Crippen LogP contribution in [0.25, 0.3) is 11.2 Å². The van der Waals surface area contributed by atoms with Crippen molar-refractivity contribution in [3.8, 4) is 0 Å². The Kier molecular flexibility index (Phi) is 5.28. The van der Waals surface area contributed by atoms with Crippen LogP contribution in [-0.2, 0) is 20.6 Å². The Balaban J connectivity index is 1.32. The molecule has 1 saturated heterocycles. The summed E-state index contributed by atoms with van der Waals surface area (Å²) in [6, 6.07) is 6.62. The van der Waals surface area contributed by atoms with E-state index in [9.17, 15) is 14.0 Å². The van der Waals surface area contributed by atoms with Gasteiger partial charge in [0.05, 0.1) is 18.8 Å². The van der Waals surface area contributed by atoms with Gasteiger partial charge >= 0.3 is 5.69 Å². The van der Waals surface area contributed by atoms with Crippen molar-refractivity contribution < 1.29 is 4.39 Å². The van der Waals surface area contributed by atoms with Crippen molar-refractivity contribution in [3.63, 3.8) is 0 Å². The summed E-state index contributed by atoms with van der Waals surface area (Å²) in [7, 11) is 3.11. The molecule has 0 amide bonds. The van der Waals surface area contributed by atoms with Gasteiger partial charge in [-0.15, -0.1) is 0 Å². The minimum Gasteiger partial charge on any atom is -0.369 e. The lowest BCUT2D eigenvalue weighted by atomic mass is 10.2. The quantitative estimate of drug-likeness (QED) is 0.574. The molecular weight excluding hydrogens is 427 g/mol. The van der Waals surface area contributed by atoms with Crippen LogP contribution in [0.1, 0.15) is 6.92 Å². The summed E-state index contributed by atoms with van der Waals surface area (Å²) in [5.41, 5.74) is 1.96. The molecule has 1 fully saturated rings. The number of hydrogen-bond acceptors (Lipinski definition) is 7. The third kappa shape index (κ3) is 3.71. The Bertz CT molecular complexity index is 1350. The van der Waals surface area contributed by atoms with Gasteiger partial charge in [0.15, 0.2) is 11.2 Å². The smallest absolute Gasteiger partial charge is 0.332 e. The van der Waals surface area contributed by atoms with Crippen molar-refractivity contribution >= 4 is 28.5 Å². The van der Waals surface area contributed by atoms with Crippen molar-refractivity contribution in [2.45, 2.75) is 13.5 Å². The zero-order valence-corrected chi connectivity index (χ0v) is 19.0. The molecule has 11 heteroatoms. The summed E-state index contributed by atoms with van der Waals surface area (Å²) < 4.78 is 17.6. The number of hydrogen-bond donors (Lipinski definition) is 0. The Morgan fingerprint density at radius 3 is 2.36 bits per heavy atom. The molecule has 0 saturated carbocycles. The van der Waals surface area contributed by atoms with Crippen molar-refractivity contribution in [1.29, 1.82) is 0 Å². The van der Waals surface area contributed by atoms with Crippen LogP contribution in [0.15, 0.2) is 39.0 Å². The molecule has 0 N–H and O–H groups in total. The molecular formula is C22H27FN8O2. The van der Waals surface area contributed by atoms with Gasteiger partial charge in [0, 0.05) is 52.5 Å². The fourth-order valence-electron chi connectivity index (χ4n) is 4.56. The lowest BCUT2D eigenvalue weighted by Crippen LogP contribution is -2.48. The molecule has 4 heterocycles. The number of aromatic nitrogens is 4. The summed E-state index contributed by atoms with van der Waals surface area (Å²) >= 11 is 0. The summed E-state index contributed by atoms with van der Waals surface area (Å²) in [5, 5.41) is 6.50. The first-order valence-electron chi connectivity index (χ1n) is 11.0. The molecule has 0 bridgehead atoms. The number of imidazole rings is 1. The fourth-order valence-corrected chi connectivity index (χ4v) is 4.56. The highest BCUT2D eigenvalue weighted by molar-refractivity contribution is 5.87. The van der Waals surface area contributed by atoms with E-state index in [4.69, 9.17) is 0 Å². The second-order valence-electron chi connectivity index (χ2n) is 8.64. The molecule has 1 aromatic carbocycles. The van der Waals surface area contributed by atoms with E-state index in [1.165, 1.54) is 23.7 Å². The van der Waals surface area contributed by atoms with Crippen LogP contribution in [0.5, 0.6) is 0 Å². The van der Waals surface area contributed by atoms with Gasteiger partial charge in [0.1, 0.15) is 5.82 Å². The highest BCUT2D eigenvalue weighted by Crippen LogP contribution is 2.24. The van der Waals surface area contributed by atoms with Gasteiger partial charge in [-0.05, 0) is 31.2 Å². The molecule has 33 heavy (non-hydrogen) atoms. The molecule has 0 atom stereocenters. The maximum Gasteiger partial charge on any atom is 0.332 e. The average Bonchev–Trinajstić information content (AvgIpc) is 3.20. The second-order valence-corrected chi connectivity index (χ2v) is 8.64. The second kappa shape index (κ2) is 8.14. The molecule has 5 rings (SSSR count). The molecule has 2 aromatic heterocycles. The van der Waals surface area contributed by atoms with Gasteiger partial charge in [-0.1, -0.05) is 0 Å². The van der Waals surface area contributed by atoms with E-state index in [1.54, 1.807) is 7.05 Å². The Labute approximate surface area is 189 Å². The van der Waals surface area contributed by atoms with Crippen molar-refractivity contribution in [2.24, 2.45) is 19.2 Å². The topological polar surface area (TPSA) is 83.9 Å². The summed E-state index contributed by atoms with van der Waals surface area (Å²) in [5.74, 6) is 0.359. The lowest BCUT2D eigenvalue weighted by molar-refractivity contribution is 0.262. The molecule has 0 radical (unpaired) electrons. The minimum absolute atomic E-state index is 0.223. The molecule has 3 aromatic rings. The molecule has 2 aliphatic rings. The van der Waals surface area contributed by atoms with Gasteiger partial charge < -0.3 is 4.90 Å². The zero-order chi connectivity index (χ0) is 23.3. The van der Waals surface area contributed by atoms with Crippen LogP contribution in [0.2, 0.25) is 0 Å². The molecule has 10 nitrogen and oxygen atoms in total. The largest absolute Gasteiger partial charge is 0.369 e. The number of piperazine rings is 1. The molecule has 0 aliphatic carbocycles. The Hall–Kier alpha value is -3.47. The van der Waals surface area contributed by atoms with Crippen LogP contribution in [0.3, 0.4) is 0 Å². The third-order valence-corrected chi connectivity index (χ3v) is 6.43. The first kappa shape index (κ1) is 21.4. The highest BCUT2D eigenvalue weighted by atomic mass is 19.1. The number of fused-ring (bicyclic) bond motifs is 3. The number of nitrogens with zero attached hydrogens (tertiary/aromatic N) is 8. The van der Waals surface area contributed by atoms with E-state index in [0.29, 0.717) is 30.2 Å². The normalized spacial score (nSPS) is 16.9. The predicted molar refractivity (Wildman–Crippen MR) is 126 cm³/mol. The Morgan fingerprint density at radius 1 is 0.970 bits per heavy atom. The predicted octanol–water partition coefficient (Wildman–Crippen LogP) is 0.591. The summed E-state index contributed by atoms with van der Waals surface area (Å²) in [6.45, 7) is 7.30. The average molecular weight is 455 g/mol.